The van der Waals surface area contributed by atoms with Gasteiger partial charge in [-0.3, -0.25) is 14.9 Å². The summed E-state index contributed by atoms with van der Waals surface area (Å²) in [5.74, 6) is -0.138. The van der Waals surface area contributed by atoms with Gasteiger partial charge in [-0.2, -0.15) is 0 Å². The Bertz CT molecular complexity index is 1500. The maximum absolute atomic E-state index is 13.3. The third-order valence-corrected chi connectivity index (χ3v) is 8.75. The van der Waals surface area contributed by atoms with Gasteiger partial charge in [0.25, 0.3) is 11.6 Å². The van der Waals surface area contributed by atoms with E-state index in [1.807, 2.05) is 42.5 Å². The molecule has 1 N–H and O–H groups in total. The number of nitrogens with zero attached hydrogens (tertiary/aromatic N) is 2. The standard InChI is InChI=1S/C29H24ClN3O3S2/c30-21-11-13-22(14-12-21)37-26-15-10-20(16-24(26)33(35)36)18-32-29-27(23-8-4-5-9-25(23)38-29)28(34)31-17-19-6-2-1-3-7-19/h1-3,6-7,10-16,18H,4-5,8-9,17H2,(H,31,34). The minimum Gasteiger partial charge on any atom is -0.348 e. The van der Waals surface area contributed by atoms with Crippen LogP contribution in [-0.2, 0) is 19.4 Å². The van der Waals surface area contributed by atoms with Crippen LogP contribution in [0.4, 0.5) is 10.7 Å². The van der Waals surface area contributed by atoms with E-state index in [0.717, 1.165) is 41.7 Å². The van der Waals surface area contributed by atoms with E-state index in [-0.39, 0.29) is 16.5 Å². The molecule has 0 unspecified atom stereocenters. The van der Waals surface area contributed by atoms with Gasteiger partial charge in [0, 0.05) is 33.6 Å². The molecule has 9 heteroatoms. The molecule has 0 spiro atoms. The number of benzene rings is 3. The minimum atomic E-state index is -0.387. The number of hydrogen-bond acceptors (Lipinski definition) is 6. The van der Waals surface area contributed by atoms with Crippen LogP contribution in [0.1, 0.15) is 44.8 Å². The summed E-state index contributed by atoms with van der Waals surface area (Å²) in [6, 6.07) is 22.0. The largest absolute Gasteiger partial charge is 0.348 e. The van der Waals surface area contributed by atoms with Gasteiger partial charge in [0.05, 0.1) is 15.4 Å². The van der Waals surface area contributed by atoms with Gasteiger partial charge >= 0.3 is 0 Å². The van der Waals surface area contributed by atoms with Crippen LogP contribution in [0.25, 0.3) is 0 Å². The molecule has 1 aliphatic rings. The van der Waals surface area contributed by atoms with Crippen LogP contribution in [0.15, 0.2) is 87.6 Å². The molecular weight excluding hydrogens is 538 g/mol. The first-order valence-electron chi connectivity index (χ1n) is 12.2. The second-order valence-electron chi connectivity index (χ2n) is 8.86. The third kappa shape index (κ3) is 6.15. The van der Waals surface area contributed by atoms with E-state index < -0.39 is 0 Å². The molecule has 3 aromatic carbocycles. The lowest BCUT2D eigenvalue weighted by Crippen LogP contribution is -2.24. The van der Waals surface area contributed by atoms with Crippen LogP contribution in [0.2, 0.25) is 5.02 Å². The first kappa shape index (κ1) is 26.2. The summed E-state index contributed by atoms with van der Waals surface area (Å²) in [6.45, 7) is 0.437. The number of hydrogen-bond donors (Lipinski definition) is 1. The highest BCUT2D eigenvalue weighted by Gasteiger charge is 2.25. The summed E-state index contributed by atoms with van der Waals surface area (Å²) in [7, 11) is 0. The lowest BCUT2D eigenvalue weighted by molar-refractivity contribution is -0.387. The Balaban J connectivity index is 1.40. The SMILES string of the molecule is O=C(NCc1ccccc1)c1c(N=Cc2ccc(Sc3ccc(Cl)cc3)c([N+](=O)[O-])c2)sc2c1CCCC2. The van der Waals surface area contributed by atoms with Crippen LogP contribution in [0.5, 0.6) is 0 Å². The fraction of sp³-hybridized carbons (Fsp3) is 0.172. The lowest BCUT2D eigenvalue weighted by atomic mass is 9.95. The molecular formula is C29H24ClN3O3S2. The first-order valence-corrected chi connectivity index (χ1v) is 14.2. The Morgan fingerprint density at radius 3 is 2.61 bits per heavy atom. The Kier molecular flexibility index (Phi) is 8.22. The molecule has 1 heterocycles. The number of nitrogens with one attached hydrogen (secondary N) is 1. The molecule has 0 radical (unpaired) electrons. The second-order valence-corrected chi connectivity index (χ2v) is 11.5. The Hall–Kier alpha value is -3.46. The molecule has 0 saturated heterocycles. The molecule has 38 heavy (non-hydrogen) atoms. The van der Waals surface area contributed by atoms with Crippen molar-refractivity contribution in [3.05, 3.63) is 115 Å². The van der Waals surface area contributed by atoms with Crippen molar-refractivity contribution < 1.29 is 9.72 Å². The maximum Gasteiger partial charge on any atom is 0.283 e. The van der Waals surface area contributed by atoms with Gasteiger partial charge < -0.3 is 5.32 Å². The van der Waals surface area contributed by atoms with E-state index in [2.05, 4.69) is 10.3 Å². The van der Waals surface area contributed by atoms with Crippen LogP contribution in [-0.4, -0.2) is 17.0 Å². The monoisotopic (exact) mass is 561 g/mol. The van der Waals surface area contributed by atoms with E-state index in [9.17, 15) is 14.9 Å². The third-order valence-electron chi connectivity index (χ3n) is 6.23. The zero-order chi connectivity index (χ0) is 26.5. The van der Waals surface area contributed by atoms with E-state index in [4.69, 9.17) is 11.6 Å². The van der Waals surface area contributed by atoms with Crippen molar-refractivity contribution in [2.45, 2.75) is 42.0 Å². The van der Waals surface area contributed by atoms with Gasteiger partial charge in [0.2, 0.25) is 0 Å². The lowest BCUT2D eigenvalue weighted by Gasteiger charge is -2.12. The molecule has 0 saturated carbocycles. The van der Waals surface area contributed by atoms with Gasteiger partial charge in [-0.1, -0.05) is 59.8 Å². The number of thiophene rings is 1. The number of nitro groups is 1. The molecule has 1 aliphatic carbocycles. The number of halogens is 1. The molecule has 6 nitrogen and oxygen atoms in total. The van der Waals surface area contributed by atoms with E-state index in [0.29, 0.717) is 32.6 Å². The molecule has 5 rings (SSSR count). The smallest absolute Gasteiger partial charge is 0.283 e. The van der Waals surface area contributed by atoms with Gasteiger partial charge in [-0.15, -0.1) is 11.3 Å². The summed E-state index contributed by atoms with van der Waals surface area (Å²) in [5.41, 5.74) is 3.33. The summed E-state index contributed by atoms with van der Waals surface area (Å²) in [6.07, 6.45) is 5.55. The van der Waals surface area contributed by atoms with Crippen LogP contribution in [0, 0.1) is 10.1 Å². The highest BCUT2D eigenvalue weighted by molar-refractivity contribution is 7.99. The van der Waals surface area contributed by atoms with Crippen LogP contribution >= 0.6 is 34.7 Å². The van der Waals surface area contributed by atoms with Gasteiger partial charge in [0.1, 0.15) is 5.00 Å². The molecule has 0 bridgehead atoms. The summed E-state index contributed by atoms with van der Waals surface area (Å²) < 4.78 is 0. The normalized spacial score (nSPS) is 12.9. The summed E-state index contributed by atoms with van der Waals surface area (Å²) in [5, 5.41) is 16.1. The Labute approximate surface area is 233 Å². The number of carbonyl (C=O) groups excluding carboxylic acids is 1. The zero-order valence-corrected chi connectivity index (χ0v) is 22.7. The number of aryl methyl sites for hydroxylation is 1. The Morgan fingerprint density at radius 1 is 1.08 bits per heavy atom. The van der Waals surface area contributed by atoms with Crippen molar-refractivity contribution in [2.24, 2.45) is 4.99 Å². The molecule has 4 aromatic rings. The summed E-state index contributed by atoms with van der Waals surface area (Å²) in [4.78, 5) is 32.0. The highest BCUT2D eigenvalue weighted by atomic mass is 35.5. The fourth-order valence-electron chi connectivity index (χ4n) is 4.35. The number of nitro benzene ring substituents is 1. The minimum absolute atomic E-state index is 0.000187. The molecule has 0 atom stereocenters. The van der Waals surface area contributed by atoms with Crippen molar-refractivity contribution in [3.8, 4) is 0 Å². The van der Waals surface area contributed by atoms with E-state index >= 15 is 0 Å². The number of carbonyl (C=O) groups is 1. The Morgan fingerprint density at radius 2 is 1.84 bits per heavy atom. The van der Waals surface area contributed by atoms with Gasteiger partial charge in [0.15, 0.2) is 0 Å². The molecule has 0 aliphatic heterocycles. The van der Waals surface area contributed by atoms with Gasteiger partial charge in [-0.05, 0) is 72.7 Å². The number of fused-ring (bicyclic) bond motifs is 1. The number of aliphatic imine (C=N–C) groups is 1. The van der Waals surface area contributed by atoms with Crippen molar-refractivity contribution in [3.63, 3.8) is 0 Å². The number of rotatable bonds is 8. The zero-order valence-electron chi connectivity index (χ0n) is 20.4. The van der Waals surface area contributed by atoms with Crippen molar-refractivity contribution >= 4 is 57.5 Å². The number of amides is 1. The van der Waals surface area contributed by atoms with Crippen molar-refractivity contribution in [1.82, 2.24) is 5.32 Å². The van der Waals surface area contributed by atoms with E-state index in [1.165, 1.54) is 22.7 Å². The quantitative estimate of drug-likeness (QED) is 0.134. The van der Waals surface area contributed by atoms with Crippen LogP contribution < -0.4 is 5.32 Å². The highest BCUT2D eigenvalue weighted by Crippen LogP contribution is 2.40. The molecule has 192 valence electrons. The average Bonchev–Trinajstić information content (AvgIpc) is 3.31. The van der Waals surface area contributed by atoms with E-state index in [1.54, 1.807) is 41.8 Å². The molecule has 1 aromatic heterocycles. The van der Waals surface area contributed by atoms with Crippen molar-refractivity contribution in [1.29, 1.82) is 0 Å². The fourth-order valence-corrected chi connectivity index (χ4v) is 6.61. The predicted octanol–water partition coefficient (Wildman–Crippen LogP) is 8.02. The summed E-state index contributed by atoms with van der Waals surface area (Å²) >= 11 is 8.80. The van der Waals surface area contributed by atoms with Crippen LogP contribution in [0.3, 0.4) is 0 Å². The van der Waals surface area contributed by atoms with Gasteiger partial charge in [-0.25, -0.2) is 4.99 Å². The topological polar surface area (TPSA) is 84.6 Å². The molecule has 1 amide bonds. The molecule has 0 fully saturated rings. The average molecular weight is 562 g/mol. The first-order chi connectivity index (χ1) is 18.5. The second kappa shape index (κ2) is 11.9. The van der Waals surface area contributed by atoms with Crippen molar-refractivity contribution in [2.75, 3.05) is 0 Å². The maximum atomic E-state index is 13.3. The predicted molar refractivity (Wildman–Crippen MR) is 154 cm³/mol.